The topological polar surface area (TPSA) is 85.1 Å². The van der Waals surface area contributed by atoms with Crippen LogP contribution in [0.1, 0.15) is 22.9 Å². The number of benzene rings is 1. The van der Waals surface area contributed by atoms with E-state index in [1.54, 1.807) is 13.1 Å². The SMILES string of the molecule is Cc1cnc(C(C)NS(=O)(=O)c2cc(N)cc(Cl)c2F)s1. The summed E-state index contributed by atoms with van der Waals surface area (Å²) in [5, 5.41) is 0.250. The van der Waals surface area contributed by atoms with Crippen molar-refractivity contribution in [3.8, 4) is 0 Å². The lowest BCUT2D eigenvalue weighted by atomic mass is 10.3. The van der Waals surface area contributed by atoms with E-state index in [0.29, 0.717) is 5.01 Å². The second-order valence-electron chi connectivity index (χ2n) is 4.47. The molecule has 1 unspecified atom stereocenters. The van der Waals surface area contributed by atoms with Crippen LogP contribution >= 0.6 is 22.9 Å². The Hall–Kier alpha value is -1.22. The zero-order valence-corrected chi connectivity index (χ0v) is 13.6. The average molecular weight is 350 g/mol. The summed E-state index contributed by atoms with van der Waals surface area (Å²) in [4.78, 5) is 4.47. The third-order valence-electron chi connectivity index (χ3n) is 2.65. The van der Waals surface area contributed by atoms with Crippen LogP contribution in [-0.4, -0.2) is 13.4 Å². The van der Waals surface area contributed by atoms with E-state index in [9.17, 15) is 12.8 Å². The number of sulfonamides is 1. The minimum absolute atomic E-state index is 0.0690. The fraction of sp³-hybridized carbons (Fsp3) is 0.250. The summed E-state index contributed by atoms with van der Waals surface area (Å²) in [5.74, 6) is -1.03. The molecule has 9 heteroatoms. The zero-order chi connectivity index (χ0) is 15.8. The Balaban J connectivity index is 2.35. The van der Waals surface area contributed by atoms with Gasteiger partial charge in [0.15, 0.2) is 5.82 Å². The molecule has 0 fully saturated rings. The maximum atomic E-state index is 13.9. The van der Waals surface area contributed by atoms with Crippen molar-refractivity contribution < 1.29 is 12.8 Å². The summed E-state index contributed by atoms with van der Waals surface area (Å²) in [6.07, 6.45) is 1.64. The van der Waals surface area contributed by atoms with Gasteiger partial charge >= 0.3 is 0 Å². The maximum Gasteiger partial charge on any atom is 0.244 e. The lowest BCUT2D eigenvalue weighted by molar-refractivity contribution is 0.547. The molecule has 0 spiro atoms. The highest BCUT2D eigenvalue weighted by molar-refractivity contribution is 7.89. The van der Waals surface area contributed by atoms with Crippen molar-refractivity contribution in [1.29, 1.82) is 0 Å². The van der Waals surface area contributed by atoms with Gasteiger partial charge in [0.05, 0.1) is 11.1 Å². The molecule has 0 saturated carbocycles. The van der Waals surface area contributed by atoms with Crippen LogP contribution in [0.3, 0.4) is 0 Å². The minimum Gasteiger partial charge on any atom is -0.399 e. The van der Waals surface area contributed by atoms with Crippen molar-refractivity contribution in [2.24, 2.45) is 0 Å². The number of aryl methyl sites for hydroxylation is 1. The van der Waals surface area contributed by atoms with Gasteiger partial charge in [-0.15, -0.1) is 11.3 Å². The summed E-state index contributed by atoms with van der Waals surface area (Å²) >= 11 is 6.98. The molecular weight excluding hydrogens is 337 g/mol. The molecule has 2 rings (SSSR count). The van der Waals surface area contributed by atoms with Crippen molar-refractivity contribution >= 4 is 38.6 Å². The Bertz CT molecular complexity index is 777. The van der Waals surface area contributed by atoms with Gasteiger partial charge in [-0.2, -0.15) is 0 Å². The Morgan fingerprint density at radius 1 is 1.48 bits per heavy atom. The molecule has 114 valence electrons. The summed E-state index contributed by atoms with van der Waals surface area (Å²) in [7, 11) is -4.10. The molecule has 0 radical (unpaired) electrons. The molecule has 0 amide bonds. The van der Waals surface area contributed by atoms with Crippen LogP contribution in [0.25, 0.3) is 0 Å². The number of aromatic nitrogens is 1. The maximum absolute atomic E-state index is 13.9. The third-order valence-corrected chi connectivity index (χ3v) is 5.56. The highest BCUT2D eigenvalue weighted by Gasteiger charge is 2.25. The number of rotatable bonds is 4. The molecule has 3 N–H and O–H groups in total. The van der Waals surface area contributed by atoms with Crippen molar-refractivity contribution in [2.45, 2.75) is 24.8 Å². The van der Waals surface area contributed by atoms with Gasteiger partial charge in [-0.05, 0) is 26.0 Å². The van der Waals surface area contributed by atoms with Crippen LogP contribution in [0.5, 0.6) is 0 Å². The molecule has 0 bridgehead atoms. The van der Waals surface area contributed by atoms with E-state index in [1.165, 1.54) is 11.3 Å². The fourth-order valence-corrected chi connectivity index (χ4v) is 4.17. The number of hydrogen-bond donors (Lipinski definition) is 2. The number of anilines is 1. The molecule has 1 aromatic carbocycles. The number of nitrogen functional groups attached to an aromatic ring is 1. The van der Waals surface area contributed by atoms with Crippen LogP contribution in [-0.2, 0) is 10.0 Å². The molecule has 1 atom stereocenters. The third kappa shape index (κ3) is 3.52. The zero-order valence-electron chi connectivity index (χ0n) is 11.2. The second-order valence-corrected chi connectivity index (χ2v) is 7.82. The minimum atomic E-state index is -4.10. The van der Waals surface area contributed by atoms with Gasteiger partial charge < -0.3 is 5.73 Å². The van der Waals surface area contributed by atoms with Gasteiger partial charge in [0.1, 0.15) is 9.90 Å². The monoisotopic (exact) mass is 349 g/mol. The number of hydrogen-bond acceptors (Lipinski definition) is 5. The summed E-state index contributed by atoms with van der Waals surface area (Å²) < 4.78 is 40.8. The average Bonchev–Trinajstić information content (AvgIpc) is 2.80. The van der Waals surface area contributed by atoms with Gasteiger partial charge in [0.25, 0.3) is 0 Å². The Morgan fingerprint density at radius 3 is 2.71 bits per heavy atom. The van der Waals surface area contributed by atoms with E-state index in [4.69, 9.17) is 17.3 Å². The molecule has 0 aliphatic rings. The fourth-order valence-electron chi connectivity index (χ4n) is 1.70. The van der Waals surface area contributed by atoms with Crippen LogP contribution < -0.4 is 10.5 Å². The molecule has 2 aromatic rings. The molecule has 0 saturated heterocycles. The first-order valence-electron chi connectivity index (χ1n) is 5.90. The molecule has 1 heterocycles. The van der Waals surface area contributed by atoms with Crippen LogP contribution in [0, 0.1) is 12.7 Å². The van der Waals surface area contributed by atoms with Gasteiger partial charge in [-0.25, -0.2) is 22.5 Å². The first kappa shape index (κ1) is 16.2. The van der Waals surface area contributed by atoms with Crippen LogP contribution in [0.4, 0.5) is 10.1 Å². The number of nitrogens with one attached hydrogen (secondary N) is 1. The second kappa shape index (κ2) is 5.88. The van der Waals surface area contributed by atoms with Gasteiger partial charge in [0.2, 0.25) is 10.0 Å². The van der Waals surface area contributed by atoms with Crippen LogP contribution in [0.2, 0.25) is 5.02 Å². The number of nitrogens with two attached hydrogens (primary N) is 1. The van der Waals surface area contributed by atoms with E-state index in [2.05, 4.69) is 9.71 Å². The van der Waals surface area contributed by atoms with Gasteiger partial charge in [0, 0.05) is 16.8 Å². The van der Waals surface area contributed by atoms with Crippen molar-refractivity contribution in [1.82, 2.24) is 9.71 Å². The van der Waals surface area contributed by atoms with E-state index in [0.717, 1.165) is 17.0 Å². The lowest BCUT2D eigenvalue weighted by Gasteiger charge is -2.13. The van der Waals surface area contributed by atoms with Gasteiger partial charge in [-0.3, -0.25) is 0 Å². The predicted molar refractivity (Wildman–Crippen MR) is 81.4 cm³/mol. The van der Waals surface area contributed by atoms with E-state index >= 15 is 0 Å². The highest BCUT2D eigenvalue weighted by atomic mass is 35.5. The largest absolute Gasteiger partial charge is 0.399 e. The summed E-state index contributed by atoms with van der Waals surface area (Å²) in [5.41, 5.74) is 5.59. The van der Waals surface area contributed by atoms with Gasteiger partial charge in [-0.1, -0.05) is 11.6 Å². The summed E-state index contributed by atoms with van der Waals surface area (Å²) in [6, 6.07) is 1.60. The molecule has 5 nitrogen and oxygen atoms in total. The van der Waals surface area contributed by atoms with E-state index in [1.807, 2.05) is 6.92 Å². The lowest BCUT2D eigenvalue weighted by Crippen LogP contribution is -2.27. The molecular formula is C12H13ClFN3O2S2. The van der Waals surface area contributed by atoms with Crippen LogP contribution in [0.15, 0.2) is 23.2 Å². The number of thiazole rings is 1. The number of halogens is 2. The Labute approximate surface area is 131 Å². The summed E-state index contributed by atoms with van der Waals surface area (Å²) in [6.45, 7) is 3.49. The first-order valence-corrected chi connectivity index (χ1v) is 8.57. The Morgan fingerprint density at radius 2 is 2.14 bits per heavy atom. The number of nitrogens with zero attached hydrogens (tertiary/aromatic N) is 1. The molecule has 1 aromatic heterocycles. The molecule has 0 aliphatic carbocycles. The smallest absolute Gasteiger partial charge is 0.244 e. The highest BCUT2D eigenvalue weighted by Crippen LogP contribution is 2.27. The van der Waals surface area contributed by atoms with Crippen molar-refractivity contribution in [2.75, 3.05) is 5.73 Å². The van der Waals surface area contributed by atoms with E-state index in [-0.39, 0.29) is 10.7 Å². The standard InChI is InChI=1S/C12H13ClFN3O2S2/c1-6-5-16-12(20-6)7(2)17-21(18,19)10-4-8(15)3-9(13)11(10)14/h3-5,7,17H,15H2,1-2H3. The normalized spacial score (nSPS) is 13.3. The quantitative estimate of drug-likeness (QED) is 0.831. The van der Waals surface area contributed by atoms with Crippen molar-refractivity contribution in [3.63, 3.8) is 0 Å². The molecule has 0 aliphatic heterocycles. The Kier molecular flexibility index (Phi) is 4.52. The van der Waals surface area contributed by atoms with Crippen molar-refractivity contribution in [3.05, 3.63) is 39.1 Å². The molecule has 21 heavy (non-hydrogen) atoms. The van der Waals surface area contributed by atoms with E-state index < -0.39 is 26.8 Å². The first-order chi connectivity index (χ1) is 9.70. The predicted octanol–water partition coefficient (Wildman–Crippen LogP) is 2.87.